The number of amidine groups is 1. The third-order valence-corrected chi connectivity index (χ3v) is 4.20. The summed E-state index contributed by atoms with van der Waals surface area (Å²) in [5.41, 5.74) is 0.792. The number of benzene rings is 1. The van der Waals surface area contributed by atoms with Gasteiger partial charge < -0.3 is 4.90 Å². The van der Waals surface area contributed by atoms with Gasteiger partial charge in [0, 0.05) is 25.7 Å². The monoisotopic (exact) mass is 319 g/mol. The standard InChI is InChI=1S/C14H14ClN5O2/c1-18-11-10(12(21)19(2)14(18)22)20(13(16)17-11)7-8-5-3-4-6-9(8)15/h3-6,10,16H,7H2,1-2H3. The molecule has 2 aliphatic heterocycles. The van der Waals surface area contributed by atoms with Crippen LogP contribution in [0.25, 0.3) is 0 Å². The lowest BCUT2D eigenvalue weighted by Gasteiger charge is -2.36. The molecule has 0 saturated carbocycles. The van der Waals surface area contributed by atoms with E-state index in [2.05, 4.69) is 4.99 Å². The Morgan fingerprint density at radius 1 is 1.23 bits per heavy atom. The number of halogens is 1. The van der Waals surface area contributed by atoms with Gasteiger partial charge in [0.2, 0.25) is 5.96 Å². The highest BCUT2D eigenvalue weighted by molar-refractivity contribution is 6.31. The number of guanidine groups is 1. The van der Waals surface area contributed by atoms with E-state index in [1.165, 1.54) is 11.9 Å². The van der Waals surface area contributed by atoms with Crippen molar-refractivity contribution in [2.45, 2.75) is 12.6 Å². The van der Waals surface area contributed by atoms with Crippen LogP contribution in [0.5, 0.6) is 0 Å². The lowest BCUT2D eigenvalue weighted by Crippen LogP contribution is -2.62. The number of likely N-dealkylation sites (N-methyl/N-ethyl adjacent to an activating group) is 2. The fraction of sp³-hybridized carbons (Fsp3) is 0.286. The average molecular weight is 320 g/mol. The highest BCUT2D eigenvalue weighted by Crippen LogP contribution is 2.26. The summed E-state index contributed by atoms with van der Waals surface area (Å²) in [6, 6.07) is 6.02. The third-order valence-electron chi connectivity index (χ3n) is 3.83. The van der Waals surface area contributed by atoms with Gasteiger partial charge in [0.05, 0.1) is 0 Å². The van der Waals surface area contributed by atoms with E-state index in [1.807, 2.05) is 18.2 Å². The van der Waals surface area contributed by atoms with Crippen LogP contribution in [0.2, 0.25) is 5.02 Å². The number of imide groups is 1. The van der Waals surface area contributed by atoms with Crippen LogP contribution in [0.3, 0.4) is 0 Å². The van der Waals surface area contributed by atoms with Gasteiger partial charge in [-0.2, -0.15) is 4.99 Å². The lowest BCUT2D eigenvalue weighted by molar-refractivity contribution is -0.130. The molecule has 3 rings (SSSR count). The van der Waals surface area contributed by atoms with Gasteiger partial charge in [-0.05, 0) is 11.6 Å². The zero-order valence-electron chi connectivity index (χ0n) is 12.1. The summed E-state index contributed by atoms with van der Waals surface area (Å²) in [7, 11) is 2.97. The number of nitrogens with one attached hydrogen (secondary N) is 1. The Morgan fingerprint density at radius 3 is 2.59 bits per heavy atom. The highest BCUT2D eigenvalue weighted by atomic mass is 35.5. The zero-order valence-corrected chi connectivity index (χ0v) is 12.8. The van der Waals surface area contributed by atoms with Crippen molar-refractivity contribution in [2.24, 2.45) is 4.99 Å². The summed E-state index contributed by atoms with van der Waals surface area (Å²) in [5.74, 6) is -0.162. The SMILES string of the molecule is CN1C(=O)C2C(=NC(=N)N2Cc2ccccc2Cl)N(C)C1=O. The number of hydrogen-bond donors (Lipinski definition) is 1. The fourth-order valence-corrected chi connectivity index (χ4v) is 2.77. The van der Waals surface area contributed by atoms with Gasteiger partial charge in [0.15, 0.2) is 6.04 Å². The Morgan fingerprint density at radius 2 is 1.91 bits per heavy atom. The molecule has 3 amide bonds. The molecule has 0 radical (unpaired) electrons. The fourth-order valence-electron chi connectivity index (χ4n) is 2.57. The maximum absolute atomic E-state index is 12.4. The van der Waals surface area contributed by atoms with Crippen molar-refractivity contribution >= 4 is 35.3 Å². The predicted molar refractivity (Wildman–Crippen MR) is 81.9 cm³/mol. The summed E-state index contributed by atoms with van der Waals surface area (Å²) in [6.45, 7) is 0.276. The normalized spacial score (nSPS) is 21.4. The summed E-state index contributed by atoms with van der Waals surface area (Å²) >= 11 is 6.15. The molecule has 8 heteroatoms. The van der Waals surface area contributed by atoms with Gasteiger partial charge >= 0.3 is 6.03 Å². The molecule has 22 heavy (non-hydrogen) atoms. The number of hydrogen-bond acceptors (Lipinski definition) is 3. The van der Waals surface area contributed by atoms with E-state index in [1.54, 1.807) is 18.0 Å². The molecular weight excluding hydrogens is 306 g/mol. The molecule has 1 aromatic rings. The summed E-state index contributed by atoms with van der Waals surface area (Å²) < 4.78 is 0. The molecule has 0 bridgehead atoms. The minimum absolute atomic E-state index is 0.0526. The Hall–Kier alpha value is -2.41. The molecule has 0 spiro atoms. The first-order chi connectivity index (χ1) is 10.4. The van der Waals surface area contributed by atoms with E-state index < -0.39 is 18.0 Å². The first-order valence-corrected chi connectivity index (χ1v) is 7.02. The van der Waals surface area contributed by atoms with Gasteiger partial charge in [0.1, 0.15) is 5.84 Å². The second-order valence-electron chi connectivity index (χ2n) is 5.15. The van der Waals surface area contributed by atoms with Crippen molar-refractivity contribution in [3.63, 3.8) is 0 Å². The molecule has 7 nitrogen and oxygen atoms in total. The van der Waals surface area contributed by atoms with Crippen LogP contribution in [0.1, 0.15) is 5.56 Å². The molecule has 2 aliphatic rings. The van der Waals surface area contributed by atoms with Crippen LogP contribution in [0.4, 0.5) is 4.79 Å². The number of carbonyl (C=O) groups excluding carboxylic acids is 2. The molecular formula is C14H14ClN5O2. The topological polar surface area (TPSA) is 80.1 Å². The first-order valence-electron chi connectivity index (χ1n) is 6.64. The van der Waals surface area contributed by atoms with Crippen molar-refractivity contribution in [2.75, 3.05) is 14.1 Å². The second kappa shape index (κ2) is 5.10. The molecule has 1 atom stereocenters. The molecule has 1 unspecified atom stereocenters. The molecule has 0 aromatic heterocycles. The third kappa shape index (κ3) is 2.05. The largest absolute Gasteiger partial charge is 0.331 e. The highest BCUT2D eigenvalue weighted by Gasteiger charge is 2.48. The number of rotatable bonds is 2. The average Bonchev–Trinajstić information content (AvgIpc) is 2.82. The smallest absolute Gasteiger partial charge is 0.318 e. The van der Waals surface area contributed by atoms with Gasteiger partial charge in [0.25, 0.3) is 5.91 Å². The molecule has 1 aromatic carbocycles. The Labute approximate surface area is 132 Å². The molecule has 1 N–H and O–H groups in total. The molecule has 0 aliphatic carbocycles. The van der Waals surface area contributed by atoms with Crippen molar-refractivity contribution in [3.8, 4) is 0 Å². The predicted octanol–water partition coefficient (Wildman–Crippen LogP) is 1.38. The first kappa shape index (κ1) is 14.5. The number of aliphatic imine (C=N–C) groups is 1. The van der Waals surface area contributed by atoms with Gasteiger partial charge in [-0.15, -0.1) is 0 Å². The lowest BCUT2D eigenvalue weighted by atomic mass is 10.1. The minimum Gasteiger partial charge on any atom is -0.318 e. The van der Waals surface area contributed by atoms with E-state index >= 15 is 0 Å². The molecule has 1 saturated heterocycles. The second-order valence-corrected chi connectivity index (χ2v) is 5.56. The quantitative estimate of drug-likeness (QED) is 0.894. The van der Waals surface area contributed by atoms with E-state index in [0.717, 1.165) is 10.5 Å². The van der Waals surface area contributed by atoms with Gasteiger partial charge in [-0.3, -0.25) is 20.0 Å². The van der Waals surface area contributed by atoms with E-state index in [-0.39, 0.29) is 18.3 Å². The van der Waals surface area contributed by atoms with Crippen LogP contribution in [0.15, 0.2) is 29.3 Å². The molecule has 2 heterocycles. The van der Waals surface area contributed by atoms with Crippen molar-refractivity contribution < 1.29 is 9.59 Å². The van der Waals surface area contributed by atoms with Gasteiger partial charge in [-0.1, -0.05) is 29.8 Å². The van der Waals surface area contributed by atoms with Crippen molar-refractivity contribution in [3.05, 3.63) is 34.9 Å². The number of fused-ring (bicyclic) bond motifs is 1. The van der Waals surface area contributed by atoms with Crippen LogP contribution in [-0.2, 0) is 11.3 Å². The van der Waals surface area contributed by atoms with Crippen LogP contribution >= 0.6 is 11.6 Å². The number of carbonyl (C=O) groups is 2. The minimum atomic E-state index is -0.767. The Bertz CT molecular complexity index is 717. The summed E-state index contributed by atoms with van der Waals surface area (Å²) in [4.78, 5) is 32.3. The number of nitrogens with zero attached hydrogens (tertiary/aromatic N) is 4. The van der Waals surface area contributed by atoms with E-state index in [4.69, 9.17) is 17.0 Å². The Balaban J connectivity index is 1.95. The van der Waals surface area contributed by atoms with Crippen molar-refractivity contribution in [1.82, 2.24) is 14.7 Å². The van der Waals surface area contributed by atoms with Crippen LogP contribution in [-0.4, -0.2) is 58.6 Å². The van der Waals surface area contributed by atoms with Crippen LogP contribution < -0.4 is 0 Å². The van der Waals surface area contributed by atoms with Crippen LogP contribution in [0, 0.1) is 5.41 Å². The summed E-state index contributed by atoms with van der Waals surface area (Å²) in [6.07, 6.45) is 0. The van der Waals surface area contributed by atoms with Gasteiger partial charge in [-0.25, -0.2) is 4.79 Å². The number of urea groups is 1. The summed E-state index contributed by atoms with van der Waals surface area (Å²) in [5, 5.41) is 8.58. The maximum atomic E-state index is 12.4. The molecule has 1 fully saturated rings. The zero-order chi connectivity index (χ0) is 16.0. The van der Waals surface area contributed by atoms with E-state index in [9.17, 15) is 9.59 Å². The van der Waals surface area contributed by atoms with E-state index in [0.29, 0.717) is 5.02 Å². The maximum Gasteiger partial charge on any atom is 0.331 e. The van der Waals surface area contributed by atoms with Crippen molar-refractivity contribution in [1.29, 1.82) is 5.41 Å². The number of amides is 3. The Kier molecular flexibility index (Phi) is 3.37. The molecule has 114 valence electrons.